The predicted octanol–water partition coefficient (Wildman–Crippen LogP) is 4.72. The molecule has 1 amide bonds. The van der Waals surface area contributed by atoms with Gasteiger partial charge in [-0.15, -0.1) is 0 Å². The van der Waals surface area contributed by atoms with Crippen LogP contribution in [0.15, 0.2) is 48.0 Å². The highest BCUT2D eigenvalue weighted by molar-refractivity contribution is 6.31. The second-order valence-corrected chi connectivity index (χ2v) is 6.03. The average Bonchev–Trinajstić information content (AvgIpc) is 2.68. The molecule has 0 unspecified atom stereocenters. The molecule has 0 saturated carbocycles. The smallest absolute Gasteiger partial charge is 0.266 e. The number of benzene rings is 2. The summed E-state index contributed by atoms with van der Waals surface area (Å²) in [6.45, 7) is 0. The van der Waals surface area contributed by atoms with Crippen molar-refractivity contribution >= 4 is 40.2 Å². The third-order valence-corrected chi connectivity index (χ3v) is 4.15. The highest BCUT2D eigenvalue weighted by Gasteiger charge is 2.14. The largest absolute Gasteiger partial charge is 0.497 e. The zero-order valence-corrected chi connectivity index (χ0v) is 15.2. The number of ether oxygens (including phenoxy) is 1. The van der Waals surface area contributed by atoms with Crippen LogP contribution in [0.2, 0.25) is 5.15 Å². The Hall–Kier alpha value is -3.50. The van der Waals surface area contributed by atoms with Crippen molar-refractivity contribution in [3.05, 3.63) is 70.4 Å². The lowest BCUT2D eigenvalue weighted by Crippen LogP contribution is -2.14. The van der Waals surface area contributed by atoms with E-state index in [0.717, 1.165) is 12.1 Å². The summed E-state index contributed by atoms with van der Waals surface area (Å²) in [5.74, 6) is -1.99. The number of nitrogens with zero attached hydrogens (tertiary/aromatic N) is 2. The molecule has 0 saturated heterocycles. The summed E-state index contributed by atoms with van der Waals surface area (Å²) in [4.78, 5) is 16.5. The molecule has 0 aliphatic rings. The molecule has 5 nitrogen and oxygen atoms in total. The van der Waals surface area contributed by atoms with E-state index < -0.39 is 17.5 Å². The maximum Gasteiger partial charge on any atom is 0.266 e. The summed E-state index contributed by atoms with van der Waals surface area (Å²) in [6.07, 6.45) is 1.24. The Labute approximate surface area is 163 Å². The number of carbonyl (C=O) groups excluding carboxylic acids is 1. The van der Waals surface area contributed by atoms with Crippen LogP contribution in [0.5, 0.6) is 5.75 Å². The fourth-order valence-corrected chi connectivity index (χ4v) is 2.66. The fraction of sp³-hybridized carbons (Fsp3) is 0.0500. The molecule has 140 valence electrons. The summed E-state index contributed by atoms with van der Waals surface area (Å²) in [5.41, 5.74) is 0.364. The normalized spacial score (nSPS) is 11.2. The van der Waals surface area contributed by atoms with E-state index >= 15 is 0 Å². The number of anilines is 1. The van der Waals surface area contributed by atoms with Gasteiger partial charge >= 0.3 is 0 Å². The second-order valence-electron chi connectivity index (χ2n) is 5.68. The molecular formula is C20H12ClF2N3O2. The SMILES string of the molecule is COc1ccc2nc(Cl)c(/C=C(\C#N)C(=O)Nc3ccc(F)cc3F)cc2c1. The molecule has 0 fully saturated rings. The molecule has 3 aromatic rings. The van der Waals surface area contributed by atoms with Crippen LogP contribution >= 0.6 is 11.6 Å². The molecule has 1 aromatic heterocycles. The first kappa shape index (κ1) is 19.3. The van der Waals surface area contributed by atoms with Gasteiger partial charge in [0, 0.05) is 17.0 Å². The molecular weight excluding hydrogens is 388 g/mol. The number of methoxy groups -OCH3 is 1. The molecule has 2 aromatic carbocycles. The van der Waals surface area contributed by atoms with E-state index in [1.54, 1.807) is 30.3 Å². The number of halogens is 3. The molecule has 0 atom stereocenters. The lowest BCUT2D eigenvalue weighted by atomic mass is 10.1. The van der Waals surface area contributed by atoms with Crippen molar-refractivity contribution < 1.29 is 18.3 Å². The monoisotopic (exact) mass is 399 g/mol. The average molecular weight is 400 g/mol. The van der Waals surface area contributed by atoms with Crippen molar-refractivity contribution in [1.82, 2.24) is 4.98 Å². The molecule has 28 heavy (non-hydrogen) atoms. The van der Waals surface area contributed by atoms with Crippen LogP contribution in [0.4, 0.5) is 14.5 Å². The molecule has 0 aliphatic heterocycles. The lowest BCUT2D eigenvalue weighted by molar-refractivity contribution is -0.112. The van der Waals surface area contributed by atoms with Crippen molar-refractivity contribution in [2.24, 2.45) is 0 Å². The Bertz CT molecular complexity index is 1160. The number of aromatic nitrogens is 1. The third kappa shape index (κ3) is 4.08. The Morgan fingerprint density at radius 1 is 1.25 bits per heavy atom. The van der Waals surface area contributed by atoms with Gasteiger partial charge in [0.25, 0.3) is 5.91 Å². The van der Waals surface area contributed by atoms with Gasteiger partial charge in [0.1, 0.15) is 34.2 Å². The van der Waals surface area contributed by atoms with Gasteiger partial charge in [-0.25, -0.2) is 13.8 Å². The zero-order chi connectivity index (χ0) is 20.3. The minimum atomic E-state index is -0.955. The predicted molar refractivity (Wildman–Crippen MR) is 102 cm³/mol. The molecule has 1 N–H and O–H groups in total. The van der Waals surface area contributed by atoms with Crippen LogP contribution in [0.1, 0.15) is 5.56 Å². The van der Waals surface area contributed by atoms with Crippen LogP contribution in [0, 0.1) is 23.0 Å². The van der Waals surface area contributed by atoms with Crippen LogP contribution < -0.4 is 10.1 Å². The molecule has 1 heterocycles. The topological polar surface area (TPSA) is 75.0 Å². The Balaban J connectivity index is 1.96. The van der Waals surface area contributed by atoms with E-state index in [0.29, 0.717) is 28.3 Å². The quantitative estimate of drug-likeness (QED) is 0.391. The molecule has 3 rings (SSSR count). The minimum absolute atomic E-state index is 0.0891. The molecule has 0 bridgehead atoms. The van der Waals surface area contributed by atoms with Gasteiger partial charge in [0.15, 0.2) is 0 Å². The number of fused-ring (bicyclic) bond motifs is 1. The van der Waals surface area contributed by atoms with Gasteiger partial charge in [-0.1, -0.05) is 11.6 Å². The summed E-state index contributed by atoms with van der Waals surface area (Å²) in [6, 6.07) is 11.3. The molecule has 8 heteroatoms. The maximum atomic E-state index is 13.7. The number of hydrogen-bond acceptors (Lipinski definition) is 4. The molecule has 0 spiro atoms. The standard InChI is InChI=1S/C20H12ClF2N3O2/c1-28-15-3-5-17-11(8-15)6-12(19(21)25-17)7-13(10-24)20(27)26-18-4-2-14(22)9-16(18)23/h2-9H,1H3,(H,26,27)/b13-7+. The van der Waals surface area contributed by atoms with Crippen LogP contribution in [0.3, 0.4) is 0 Å². The summed E-state index contributed by atoms with van der Waals surface area (Å²) in [5, 5.41) is 12.3. The highest BCUT2D eigenvalue weighted by atomic mass is 35.5. The van der Waals surface area contributed by atoms with Gasteiger partial charge in [0.2, 0.25) is 0 Å². The Morgan fingerprint density at radius 3 is 2.71 bits per heavy atom. The van der Waals surface area contributed by atoms with Crippen molar-refractivity contribution in [2.45, 2.75) is 0 Å². The molecule has 0 aliphatic carbocycles. The van der Waals surface area contributed by atoms with Crippen molar-refractivity contribution in [2.75, 3.05) is 12.4 Å². The minimum Gasteiger partial charge on any atom is -0.497 e. The fourth-order valence-electron chi connectivity index (χ4n) is 2.46. The number of pyridine rings is 1. The summed E-state index contributed by atoms with van der Waals surface area (Å²) in [7, 11) is 1.53. The van der Waals surface area contributed by atoms with Crippen molar-refractivity contribution in [3.8, 4) is 11.8 Å². The third-order valence-electron chi connectivity index (χ3n) is 3.85. The van der Waals surface area contributed by atoms with Gasteiger partial charge in [-0.3, -0.25) is 4.79 Å². The summed E-state index contributed by atoms with van der Waals surface area (Å²) >= 11 is 6.16. The summed E-state index contributed by atoms with van der Waals surface area (Å²) < 4.78 is 31.9. The van der Waals surface area contributed by atoms with E-state index in [2.05, 4.69) is 10.3 Å². The zero-order valence-electron chi connectivity index (χ0n) is 14.5. The number of hydrogen-bond donors (Lipinski definition) is 1. The Morgan fingerprint density at radius 2 is 2.04 bits per heavy atom. The van der Waals surface area contributed by atoms with E-state index in [9.17, 15) is 18.8 Å². The first-order valence-corrected chi connectivity index (χ1v) is 8.31. The number of nitrogens with one attached hydrogen (secondary N) is 1. The first-order chi connectivity index (χ1) is 13.4. The van der Waals surface area contributed by atoms with E-state index in [-0.39, 0.29) is 16.4 Å². The maximum absolute atomic E-state index is 13.7. The van der Waals surface area contributed by atoms with E-state index in [1.165, 1.54) is 13.2 Å². The second kappa shape index (κ2) is 8.03. The van der Waals surface area contributed by atoms with Gasteiger partial charge in [-0.2, -0.15) is 5.26 Å². The van der Waals surface area contributed by atoms with E-state index in [4.69, 9.17) is 16.3 Å². The van der Waals surface area contributed by atoms with Crippen LogP contribution in [-0.2, 0) is 4.79 Å². The lowest BCUT2D eigenvalue weighted by Gasteiger charge is -2.07. The highest BCUT2D eigenvalue weighted by Crippen LogP contribution is 2.26. The van der Waals surface area contributed by atoms with Crippen molar-refractivity contribution in [3.63, 3.8) is 0 Å². The number of amides is 1. The molecule has 0 radical (unpaired) electrons. The Kier molecular flexibility index (Phi) is 5.52. The van der Waals surface area contributed by atoms with Crippen LogP contribution in [0.25, 0.3) is 17.0 Å². The van der Waals surface area contributed by atoms with Crippen LogP contribution in [-0.4, -0.2) is 18.0 Å². The van der Waals surface area contributed by atoms with Gasteiger partial charge in [-0.05, 0) is 42.5 Å². The van der Waals surface area contributed by atoms with Gasteiger partial charge in [0.05, 0.1) is 18.3 Å². The number of carbonyl (C=O) groups is 1. The van der Waals surface area contributed by atoms with Gasteiger partial charge < -0.3 is 10.1 Å². The number of rotatable bonds is 4. The first-order valence-electron chi connectivity index (χ1n) is 7.94. The number of nitriles is 1. The van der Waals surface area contributed by atoms with Crippen molar-refractivity contribution in [1.29, 1.82) is 5.26 Å². The van der Waals surface area contributed by atoms with E-state index in [1.807, 2.05) is 0 Å².